The molecule has 1 aliphatic rings. The molecule has 0 aliphatic heterocycles. The number of hydrogen-bond donors (Lipinski definition) is 1. The van der Waals surface area contributed by atoms with Crippen LogP contribution in [0.25, 0.3) is 22.0 Å². The van der Waals surface area contributed by atoms with E-state index < -0.39 is 0 Å². The van der Waals surface area contributed by atoms with Gasteiger partial charge in [0, 0.05) is 24.2 Å². The molecule has 0 spiro atoms. The second kappa shape index (κ2) is 6.03. The number of pyridine rings is 1. The van der Waals surface area contributed by atoms with Crippen LogP contribution in [0.3, 0.4) is 0 Å². The number of rotatable bonds is 3. The van der Waals surface area contributed by atoms with Crippen LogP contribution < -0.4 is 5.56 Å². The lowest BCUT2D eigenvalue weighted by Crippen LogP contribution is -2.24. The van der Waals surface area contributed by atoms with Crippen molar-refractivity contribution < 1.29 is 0 Å². The summed E-state index contributed by atoms with van der Waals surface area (Å²) in [5.41, 5.74) is 3.31. The number of H-pyrrole nitrogens is 1. The molecule has 1 N–H and O–H groups in total. The lowest BCUT2D eigenvalue weighted by Gasteiger charge is -2.22. The number of hydrogen-bond acceptors (Lipinski definition) is 2. The number of nitrogens with zero attached hydrogens (tertiary/aromatic N) is 2. The van der Waals surface area contributed by atoms with Gasteiger partial charge >= 0.3 is 0 Å². The Morgan fingerprint density at radius 2 is 1.91 bits per heavy atom. The van der Waals surface area contributed by atoms with Crippen LogP contribution in [0.15, 0.2) is 47.5 Å². The molecule has 0 radical (unpaired) electrons. The molecule has 4 nitrogen and oxygen atoms in total. The van der Waals surface area contributed by atoms with Gasteiger partial charge in [-0.3, -0.25) is 9.89 Å². The Labute approximate surface area is 135 Å². The van der Waals surface area contributed by atoms with Crippen molar-refractivity contribution >= 4 is 10.9 Å². The Bertz CT molecular complexity index is 871. The molecular weight excluding hydrogens is 286 g/mol. The first-order valence-corrected chi connectivity index (χ1v) is 8.43. The first kappa shape index (κ1) is 14.2. The lowest BCUT2D eigenvalue weighted by atomic mass is 9.89. The van der Waals surface area contributed by atoms with E-state index >= 15 is 0 Å². The molecule has 4 heteroatoms. The summed E-state index contributed by atoms with van der Waals surface area (Å²) >= 11 is 0. The molecule has 0 bridgehead atoms. The summed E-state index contributed by atoms with van der Waals surface area (Å²) in [6, 6.07) is 9.84. The molecule has 2 aromatic heterocycles. The van der Waals surface area contributed by atoms with Gasteiger partial charge < -0.3 is 4.57 Å². The number of aromatic nitrogens is 3. The van der Waals surface area contributed by atoms with Gasteiger partial charge in [-0.1, -0.05) is 31.4 Å². The van der Waals surface area contributed by atoms with Crippen molar-refractivity contribution in [2.45, 2.75) is 38.6 Å². The molecule has 1 aliphatic carbocycles. The topological polar surface area (TPSA) is 50.7 Å². The van der Waals surface area contributed by atoms with E-state index in [2.05, 4.69) is 28.4 Å². The van der Waals surface area contributed by atoms with Gasteiger partial charge in [-0.15, -0.1) is 0 Å². The molecule has 0 saturated heterocycles. The lowest BCUT2D eigenvalue weighted by molar-refractivity contribution is 0.316. The van der Waals surface area contributed by atoms with Crippen LogP contribution in [0.5, 0.6) is 0 Å². The molecule has 118 valence electrons. The van der Waals surface area contributed by atoms with Crippen LogP contribution in [0, 0.1) is 5.92 Å². The summed E-state index contributed by atoms with van der Waals surface area (Å²) in [5, 5.41) is 8.17. The smallest absolute Gasteiger partial charge is 0.250 e. The van der Waals surface area contributed by atoms with E-state index in [4.69, 9.17) is 0 Å². The second-order valence-corrected chi connectivity index (χ2v) is 6.58. The van der Waals surface area contributed by atoms with Gasteiger partial charge in [0.2, 0.25) is 0 Å². The Morgan fingerprint density at radius 1 is 1.09 bits per heavy atom. The average Bonchev–Trinajstić information content (AvgIpc) is 3.05. The minimum absolute atomic E-state index is 0.0990. The summed E-state index contributed by atoms with van der Waals surface area (Å²) < 4.78 is 1.89. The molecule has 1 fully saturated rings. The predicted molar refractivity (Wildman–Crippen MR) is 92.4 cm³/mol. The molecule has 2 heterocycles. The van der Waals surface area contributed by atoms with Gasteiger partial charge in [0.25, 0.3) is 5.56 Å². The zero-order chi connectivity index (χ0) is 15.6. The summed E-state index contributed by atoms with van der Waals surface area (Å²) in [6.07, 6.45) is 10.3. The Balaban J connectivity index is 1.66. The zero-order valence-electron chi connectivity index (χ0n) is 13.2. The minimum Gasteiger partial charge on any atom is -0.315 e. The third-order valence-electron chi connectivity index (χ3n) is 4.94. The van der Waals surface area contributed by atoms with Gasteiger partial charge in [0.15, 0.2) is 0 Å². The minimum atomic E-state index is 0.0990. The Kier molecular flexibility index (Phi) is 3.74. The van der Waals surface area contributed by atoms with E-state index in [1.54, 1.807) is 6.07 Å². The number of benzene rings is 1. The molecule has 3 aromatic rings. The number of aromatic amines is 1. The third kappa shape index (κ3) is 2.93. The maximum absolute atomic E-state index is 12.2. The SMILES string of the molecule is O=c1ccc(-c2ccc3cn[nH]c3c2)cn1CC1CCCCC1. The van der Waals surface area contributed by atoms with Crippen LogP contribution >= 0.6 is 0 Å². The Morgan fingerprint density at radius 3 is 2.78 bits per heavy atom. The van der Waals surface area contributed by atoms with Crippen LogP contribution in [-0.2, 0) is 6.54 Å². The van der Waals surface area contributed by atoms with Crippen molar-refractivity contribution in [2.24, 2.45) is 5.92 Å². The fourth-order valence-corrected chi connectivity index (χ4v) is 3.61. The van der Waals surface area contributed by atoms with E-state index in [0.29, 0.717) is 5.92 Å². The van der Waals surface area contributed by atoms with Crippen LogP contribution in [0.4, 0.5) is 0 Å². The summed E-state index contributed by atoms with van der Waals surface area (Å²) in [4.78, 5) is 12.2. The van der Waals surface area contributed by atoms with Crippen molar-refractivity contribution in [3.8, 4) is 11.1 Å². The average molecular weight is 307 g/mol. The number of fused-ring (bicyclic) bond motifs is 1. The zero-order valence-corrected chi connectivity index (χ0v) is 13.2. The van der Waals surface area contributed by atoms with Crippen molar-refractivity contribution in [1.82, 2.24) is 14.8 Å². The highest BCUT2D eigenvalue weighted by Gasteiger charge is 2.14. The van der Waals surface area contributed by atoms with Crippen LogP contribution in [0.1, 0.15) is 32.1 Å². The maximum atomic E-state index is 12.2. The largest absolute Gasteiger partial charge is 0.315 e. The molecule has 0 unspecified atom stereocenters. The molecule has 1 saturated carbocycles. The van der Waals surface area contributed by atoms with E-state index in [1.807, 2.05) is 23.0 Å². The van der Waals surface area contributed by atoms with Gasteiger partial charge in [-0.05, 0) is 42.0 Å². The van der Waals surface area contributed by atoms with Crippen LogP contribution in [-0.4, -0.2) is 14.8 Å². The predicted octanol–water partition coefficient (Wildman–Crippen LogP) is 3.97. The van der Waals surface area contributed by atoms with Crippen molar-refractivity contribution in [3.63, 3.8) is 0 Å². The molecular formula is C19H21N3O. The Hall–Kier alpha value is -2.36. The highest BCUT2D eigenvalue weighted by atomic mass is 16.1. The monoisotopic (exact) mass is 307 g/mol. The summed E-state index contributed by atoms with van der Waals surface area (Å²) in [5.74, 6) is 0.645. The van der Waals surface area contributed by atoms with Crippen LogP contribution in [0.2, 0.25) is 0 Å². The van der Waals surface area contributed by atoms with Crippen molar-refractivity contribution in [2.75, 3.05) is 0 Å². The fourth-order valence-electron chi connectivity index (χ4n) is 3.61. The summed E-state index contributed by atoms with van der Waals surface area (Å²) in [6.45, 7) is 0.846. The normalized spacial score (nSPS) is 16.0. The molecule has 0 atom stereocenters. The van der Waals surface area contributed by atoms with E-state index in [-0.39, 0.29) is 5.56 Å². The quantitative estimate of drug-likeness (QED) is 0.796. The standard InChI is InChI=1S/C19H21N3O/c23-19-9-8-17(13-22(19)12-14-4-2-1-3-5-14)15-6-7-16-11-20-21-18(16)10-15/h6-11,13-14H,1-5,12H2,(H,20,21). The first-order valence-electron chi connectivity index (χ1n) is 8.43. The summed E-state index contributed by atoms with van der Waals surface area (Å²) in [7, 11) is 0. The van der Waals surface area contributed by atoms with Gasteiger partial charge in [-0.25, -0.2) is 0 Å². The first-order chi connectivity index (χ1) is 11.3. The molecule has 1 aromatic carbocycles. The number of nitrogens with one attached hydrogen (secondary N) is 1. The van der Waals surface area contributed by atoms with Crippen molar-refractivity contribution in [1.29, 1.82) is 0 Å². The van der Waals surface area contributed by atoms with E-state index in [9.17, 15) is 4.79 Å². The van der Waals surface area contributed by atoms with E-state index in [0.717, 1.165) is 28.6 Å². The van der Waals surface area contributed by atoms with Crippen molar-refractivity contribution in [3.05, 3.63) is 53.1 Å². The van der Waals surface area contributed by atoms with Gasteiger partial charge in [0.1, 0.15) is 0 Å². The van der Waals surface area contributed by atoms with E-state index in [1.165, 1.54) is 32.1 Å². The maximum Gasteiger partial charge on any atom is 0.250 e. The fraction of sp³-hybridized carbons (Fsp3) is 0.368. The van der Waals surface area contributed by atoms with Gasteiger partial charge in [-0.2, -0.15) is 5.10 Å². The van der Waals surface area contributed by atoms with Gasteiger partial charge in [0.05, 0.1) is 11.7 Å². The second-order valence-electron chi connectivity index (χ2n) is 6.58. The molecule has 23 heavy (non-hydrogen) atoms. The molecule has 0 amide bonds. The highest BCUT2D eigenvalue weighted by Crippen LogP contribution is 2.26. The molecule has 4 rings (SSSR count). The highest BCUT2D eigenvalue weighted by molar-refractivity contribution is 5.83. The third-order valence-corrected chi connectivity index (χ3v) is 4.94.